The second kappa shape index (κ2) is 3.81. The number of aryl methyl sites for hydroxylation is 1. The number of benzene rings is 1. The lowest BCUT2D eigenvalue weighted by molar-refractivity contribution is 0.489. The highest BCUT2D eigenvalue weighted by atomic mass is 19.1. The highest BCUT2D eigenvalue weighted by Crippen LogP contribution is 2.29. The molecule has 1 aromatic heterocycles. The summed E-state index contributed by atoms with van der Waals surface area (Å²) in [5.41, 5.74) is 0.961. The second-order valence-corrected chi connectivity index (χ2v) is 4.57. The van der Waals surface area contributed by atoms with Crippen LogP contribution in [-0.2, 0) is 6.54 Å². The van der Waals surface area contributed by atoms with Gasteiger partial charge in [-0.15, -0.1) is 0 Å². The maximum Gasteiger partial charge on any atom is 0.170 e. The molecule has 0 unspecified atom stereocenters. The van der Waals surface area contributed by atoms with Gasteiger partial charge in [0.15, 0.2) is 11.4 Å². The van der Waals surface area contributed by atoms with E-state index in [0.717, 1.165) is 11.6 Å². The Bertz CT molecular complexity index is 572. The van der Waals surface area contributed by atoms with Crippen LogP contribution in [0.3, 0.4) is 0 Å². The van der Waals surface area contributed by atoms with E-state index in [9.17, 15) is 8.78 Å². The van der Waals surface area contributed by atoms with Gasteiger partial charge in [0.25, 0.3) is 0 Å². The van der Waals surface area contributed by atoms with Gasteiger partial charge in [-0.2, -0.15) is 0 Å². The lowest BCUT2D eigenvalue weighted by Crippen LogP contribution is -2.15. The zero-order valence-corrected chi connectivity index (χ0v) is 9.52. The summed E-state index contributed by atoms with van der Waals surface area (Å²) in [5.74, 6) is -0.516. The summed E-state index contributed by atoms with van der Waals surface area (Å²) in [4.78, 5) is 0. The minimum absolute atomic E-state index is 0.150. The van der Waals surface area contributed by atoms with Crippen molar-refractivity contribution in [3.05, 3.63) is 35.1 Å². The van der Waals surface area contributed by atoms with Crippen molar-refractivity contribution in [2.45, 2.75) is 32.4 Å². The largest absolute Gasteiger partial charge is 0.456 e. The van der Waals surface area contributed by atoms with Crippen LogP contribution in [0.25, 0.3) is 11.0 Å². The number of hydrogen-bond acceptors (Lipinski definition) is 2. The lowest BCUT2D eigenvalue weighted by Gasteiger charge is -1.99. The molecule has 0 aliphatic heterocycles. The van der Waals surface area contributed by atoms with Gasteiger partial charge in [0, 0.05) is 17.5 Å². The van der Waals surface area contributed by atoms with E-state index in [4.69, 9.17) is 4.42 Å². The number of halogens is 2. The standard InChI is InChI=1S/C13H13F2NO/c1-7-10-4-8(14)5-11(15)13(10)17-12(7)6-16-9-2-3-9/h4-5,9,16H,2-3,6H2,1H3. The number of fused-ring (bicyclic) bond motifs is 1. The molecule has 0 radical (unpaired) electrons. The molecule has 0 spiro atoms. The van der Waals surface area contributed by atoms with Crippen LogP contribution in [0.1, 0.15) is 24.2 Å². The zero-order chi connectivity index (χ0) is 12.0. The van der Waals surface area contributed by atoms with E-state index in [0.29, 0.717) is 23.7 Å². The maximum atomic E-state index is 13.5. The topological polar surface area (TPSA) is 25.2 Å². The maximum absolute atomic E-state index is 13.5. The van der Waals surface area contributed by atoms with Crippen LogP contribution in [0, 0.1) is 18.6 Å². The quantitative estimate of drug-likeness (QED) is 0.886. The van der Waals surface area contributed by atoms with Crippen LogP contribution in [-0.4, -0.2) is 6.04 Å². The molecular weight excluding hydrogens is 224 g/mol. The average molecular weight is 237 g/mol. The van der Waals surface area contributed by atoms with Crippen molar-refractivity contribution in [3.8, 4) is 0 Å². The summed E-state index contributed by atoms with van der Waals surface area (Å²) in [7, 11) is 0. The van der Waals surface area contributed by atoms with Gasteiger partial charge in [-0.05, 0) is 31.4 Å². The molecule has 0 saturated heterocycles. The zero-order valence-electron chi connectivity index (χ0n) is 9.52. The van der Waals surface area contributed by atoms with Gasteiger partial charge in [0.1, 0.15) is 11.6 Å². The van der Waals surface area contributed by atoms with Crippen molar-refractivity contribution < 1.29 is 13.2 Å². The van der Waals surface area contributed by atoms with E-state index in [1.54, 1.807) is 0 Å². The molecule has 0 amide bonds. The molecule has 1 N–H and O–H groups in total. The molecule has 1 saturated carbocycles. The predicted octanol–water partition coefficient (Wildman–Crippen LogP) is 3.27. The first-order chi connectivity index (χ1) is 8.15. The SMILES string of the molecule is Cc1c(CNC2CC2)oc2c(F)cc(F)cc12. The van der Waals surface area contributed by atoms with E-state index in [1.165, 1.54) is 18.9 Å². The van der Waals surface area contributed by atoms with Crippen molar-refractivity contribution >= 4 is 11.0 Å². The fourth-order valence-corrected chi connectivity index (χ4v) is 1.99. The highest BCUT2D eigenvalue weighted by Gasteiger charge is 2.22. The molecule has 1 fully saturated rings. The Kier molecular flexibility index (Phi) is 2.40. The summed E-state index contributed by atoms with van der Waals surface area (Å²) in [6.45, 7) is 2.40. The molecule has 2 nitrogen and oxygen atoms in total. The molecular formula is C13H13F2NO. The molecule has 1 aliphatic carbocycles. The predicted molar refractivity (Wildman–Crippen MR) is 60.7 cm³/mol. The van der Waals surface area contributed by atoms with E-state index in [-0.39, 0.29) is 5.58 Å². The third-order valence-corrected chi connectivity index (χ3v) is 3.18. The average Bonchev–Trinajstić information content (AvgIpc) is 3.04. The molecule has 2 aromatic rings. The van der Waals surface area contributed by atoms with Gasteiger partial charge in [0.05, 0.1) is 6.54 Å². The van der Waals surface area contributed by atoms with Crippen LogP contribution in [0.4, 0.5) is 8.78 Å². The molecule has 1 aromatic carbocycles. The third kappa shape index (κ3) is 1.93. The normalized spacial score (nSPS) is 15.7. The minimum Gasteiger partial charge on any atom is -0.456 e. The van der Waals surface area contributed by atoms with Gasteiger partial charge >= 0.3 is 0 Å². The Morgan fingerprint density at radius 2 is 2.12 bits per heavy atom. The first-order valence-electron chi connectivity index (χ1n) is 5.75. The smallest absolute Gasteiger partial charge is 0.170 e. The fraction of sp³-hybridized carbons (Fsp3) is 0.385. The number of hydrogen-bond donors (Lipinski definition) is 1. The Labute approximate surface area is 97.6 Å². The summed E-state index contributed by atoms with van der Waals surface area (Å²) in [6, 6.07) is 2.73. The Hall–Kier alpha value is -1.42. The summed E-state index contributed by atoms with van der Waals surface area (Å²) < 4.78 is 32.1. The monoisotopic (exact) mass is 237 g/mol. The highest BCUT2D eigenvalue weighted by molar-refractivity contribution is 5.82. The summed E-state index contributed by atoms with van der Waals surface area (Å²) in [6.07, 6.45) is 2.37. The Morgan fingerprint density at radius 1 is 1.35 bits per heavy atom. The van der Waals surface area contributed by atoms with Gasteiger partial charge in [-0.25, -0.2) is 8.78 Å². The summed E-state index contributed by atoms with van der Waals surface area (Å²) >= 11 is 0. The first-order valence-corrected chi connectivity index (χ1v) is 5.75. The van der Waals surface area contributed by atoms with E-state index < -0.39 is 11.6 Å². The molecule has 90 valence electrons. The first kappa shape index (κ1) is 10.7. The minimum atomic E-state index is -0.638. The summed E-state index contributed by atoms with van der Waals surface area (Å²) in [5, 5.41) is 3.82. The lowest BCUT2D eigenvalue weighted by atomic mass is 10.1. The second-order valence-electron chi connectivity index (χ2n) is 4.57. The molecule has 1 aliphatic rings. The fourth-order valence-electron chi connectivity index (χ4n) is 1.99. The Balaban J connectivity index is 2.01. The van der Waals surface area contributed by atoms with Crippen molar-refractivity contribution in [2.75, 3.05) is 0 Å². The molecule has 0 atom stereocenters. The van der Waals surface area contributed by atoms with Crippen LogP contribution in [0.15, 0.2) is 16.5 Å². The van der Waals surface area contributed by atoms with Gasteiger partial charge in [-0.3, -0.25) is 0 Å². The van der Waals surface area contributed by atoms with Crippen molar-refractivity contribution in [3.63, 3.8) is 0 Å². The molecule has 4 heteroatoms. The van der Waals surface area contributed by atoms with Gasteiger partial charge < -0.3 is 9.73 Å². The van der Waals surface area contributed by atoms with Crippen molar-refractivity contribution in [1.82, 2.24) is 5.32 Å². The van der Waals surface area contributed by atoms with Gasteiger partial charge in [-0.1, -0.05) is 0 Å². The number of furan rings is 1. The molecule has 1 heterocycles. The van der Waals surface area contributed by atoms with E-state index in [1.807, 2.05) is 6.92 Å². The van der Waals surface area contributed by atoms with Crippen LogP contribution in [0.5, 0.6) is 0 Å². The Morgan fingerprint density at radius 3 is 2.82 bits per heavy atom. The van der Waals surface area contributed by atoms with Crippen molar-refractivity contribution in [2.24, 2.45) is 0 Å². The van der Waals surface area contributed by atoms with Crippen LogP contribution in [0.2, 0.25) is 0 Å². The molecule has 3 rings (SSSR count). The van der Waals surface area contributed by atoms with Gasteiger partial charge in [0.2, 0.25) is 0 Å². The number of nitrogens with one attached hydrogen (secondary N) is 1. The number of rotatable bonds is 3. The molecule has 0 bridgehead atoms. The van der Waals surface area contributed by atoms with E-state index in [2.05, 4.69) is 5.32 Å². The third-order valence-electron chi connectivity index (χ3n) is 3.18. The van der Waals surface area contributed by atoms with E-state index >= 15 is 0 Å². The van der Waals surface area contributed by atoms with Crippen LogP contribution < -0.4 is 5.32 Å². The molecule has 17 heavy (non-hydrogen) atoms. The van der Waals surface area contributed by atoms with Crippen molar-refractivity contribution in [1.29, 1.82) is 0 Å². The van der Waals surface area contributed by atoms with Crippen LogP contribution >= 0.6 is 0 Å².